The topological polar surface area (TPSA) is 149 Å². The molecule has 7 N–H and O–H groups in total. The van der Waals surface area contributed by atoms with Gasteiger partial charge in [0.15, 0.2) is 23.1 Å². The average Bonchev–Trinajstić information content (AvgIpc) is 2.61. The lowest BCUT2D eigenvalue weighted by Crippen LogP contribution is -2.24. The van der Waals surface area contributed by atoms with E-state index < -0.39 is 5.91 Å². The molecule has 2 rings (SSSR count). The number of anilines is 1. The Morgan fingerprint density at radius 1 is 1.38 bits per heavy atom. The number of nitrogen functional groups attached to an aromatic ring is 1. The molecular formula is C8H9N7O. The summed E-state index contributed by atoms with van der Waals surface area (Å²) in [7, 11) is 0. The largest absolute Gasteiger partial charge is 0.382 e. The molecule has 0 spiro atoms. The van der Waals surface area contributed by atoms with Crippen molar-refractivity contribution in [2.24, 2.45) is 16.5 Å². The third kappa shape index (κ3) is 1.63. The first-order valence-electron chi connectivity index (χ1n) is 4.32. The van der Waals surface area contributed by atoms with E-state index in [4.69, 9.17) is 17.2 Å². The van der Waals surface area contributed by atoms with Crippen LogP contribution in [0.3, 0.4) is 0 Å². The molecule has 2 aromatic rings. The number of amides is 1. The van der Waals surface area contributed by atoms with Crippen LogP contribution in [-0.4, -0.2) is 26.8 Å². The minimum Gasteiger partial charge on any atom is -0.382 e. The van der Waals surface area contributed by atoms with Crippen molar-refractivity contribution in [1.82, 2.24) is 15.0 Å². The van der Waals surface area contributed by atoms with E-state index in [1.165, 1.54) is 0 Å². The molecular weight excluding hydrogens is 210 g/mol. The van der Waals surface area contributed by atoms with Gasteiger partial charge in [0, 0.05) is 6.20 Å². The highest BCUT2D eigenvalue weighted by molar-refractivity contribution is 6.04. The van der Waals surface area contributed by atoms with Crippen molar-refractivity contribution in [3.8, 4) is 0 Å². The quantitative estimate of drug-likeness (QED) is 0.355. The van der Waals surface area contributed by atoms with Crippen LogP contribution >= 0.6 is 0 Å². The van der Waals surface area contributed by atoms with Crippen LogP contribution in [-0.2, 0) is 0 Å². The van der Waals surface area contributed by atoms with Crippen LogP contribution in [0.25, 0.3) is 11.2 Å². The van der Waals surface area contributed by atoms with Gasteiger partial charge in [-0.2, -0.15) is 4.99 Å². The highest BCUT2D eigenvalue weighted by atomic mass is 16.1. The molecule has 0 aromatic carbocycles. The molecule has 0 bridgehead atoms. The molecule has 0 saturated heterocycles. The number of nitrogens with zero attached hydrogens (tertiary/aromatic N) is 3. The number of guanidine groups is 1. The smallest absolute Gasteiger partial charge is 0.302 e. The average molecular weight is 219 g/mol. The van der Waals surface area contributed by atoms with Crippen molar-refractivity contribution in [3.05, 3.63) is 18.0 Å². The Balaban J connectivity index is 2.55. The molecule has 0 aliphatic rings. The zero-order chi connectivity index (χ0) is 11.7. The van der Waals surface area contributed by atoms with Crippen molar-refractivity contribution in [2.45, 2.75) is 0 Å². The van der Waals surface area contributed by atoms with Crippen LogP contribution in [0.4, 0.5) is 5.82 Å². The summed E-state index contributed by atoms with van der Waals surface area (Å²) in [4.78, 5) is 25.6. The van der Waals surface area contributed by atoms with Gasteiger partial charge in [-0.25, -0.2) is 9.97 Å². The predicted octanol–water partition coefficient (Wildman–Crippen LogP) is -1.05. The number of hydrogen-bond donors (Lipinski definition) is 4. The molecule has 2 aromatic heterocycles. The van der Waals surface area contributed by atoms with Crippen LogP contribution in [0.15, 0.2) is 17.3 Å². The van der Waals surface area contributed by atoms with Crippen LogP contribution in [0.1, 0.15) is 10.5 Å². The van der Waals surface area contributed by atoms with E-state index in [9.17, 15) is 4.79 Å². The third-order valence-corrected chi connectivity index (χ3v) is 1.84. The first kappa shape index (κ1) is 9.90. The molecule has 2 heterocycles. The lowest BCUT2D eigenvalue weighted by molar-refractivity contribution is 0.0999. The number of carbonyl (C=O) groups is 1. The molecule has 0 fully saturated rings. The third-order valence-electron chi connectivity index (χ3n) is 1.84. The van der Waals surface area contributed by atoms with E-state index in [1.54, 1.807) is 12.3 Å². The number of fused-ring (bicyclic) bond motifs is 1. The Bertz CT molecular complexity index is 581. The number of rotatable bonds is 1. The first-order valence-corrected chi connectivity index (χ1v) is 4.32. The Labute approximate surface area is 89.6 Å². The zero-order valence-corrected chi connectivity index (χ0v) is 8.14. The summed E-state index contributed by atoms with van der Waals surface area (Å²) in [5.41, 5.74) is 16.7. The van der Waals surface area contributed by atoms with Crippen molar-refractivity contribution in [3.63, 3.8) is 0 Å². The van der Waals surface area contributed by atoms with Gasteiger partial charge >= 0.3 is 5.91 Å². The minimum absolute atomic E-state index is 0.0232. The molecule has 82 valence electrons. The standard InChI is InChI=1S/C8H9N7O/c9-5-4(7(16)15-8(10)11)13-3-1-2-12-6(3)14-5/h1-2H,(H3,9,12,14)(H4,10,11,15,16). The van der Waals surface area contributed by atoms with E-state index in [0.717, 1.165) is 0 Å². The molecule has 8 nitrogen and oxygen atoms in total. The van der Waals surface area contributed by atoms with Gasteiger partial charge in [-0.15, -0.1) is 0 Å². The second kappa shape index (κ2) is 3.50. The van der Waals surface area contributed by atoms with Gasteiger partial charge in [-0.1, -0.05) is 0 Å². The zero-order valence-electron chi connectivity index (χ0n) is 8.14. The highest BCUT2D eigenvalue weighted by Gasteiger charge is 2.14. The van der Waals surface area contributed by atoms with E-state index in [1.807, 2.05) is 0 Å². The van der Waals surface area contributed by atoms with Crippen LogP contribution in [0.5, 0.6) is 0 Å². The summed E-state index contributed by atoms with van der Waals surface area (Å²) in [5, 5.41) is 0. The number of nitrogens with two attached hydrogens (primary N) is 3. The SMILES string of the molecule is NC(N)=NC(=O)c1nc2cc[nH]c2nc1N. The number of aliphatic imine (C=N–C) groups is 1. The number of aromatic nitrogens is 3. The van der Waals surface area contributed by atoms with Gasteiger partial charge in [0.05, 0.1) is 0 Å². The molecule has 0 atom stereocenters. The molecule has 0 aliphatic carbocycles. The van der Waals surface area contributed by atoms with Crippen LogP contribution in [0.2, 0.25) is 0 Å². The van der Waals surface area contributed by atoms with Crippen molar-refractivity contribution in [2.75, 3.05) is 5.73 Å². The van der Waals surface area contributed by atoms with E-state index in [2.05, 4.69) is 19.9 Å². The molecule has 0 radical (unpaired) electrons. The Kier molecular flexibility index (Phi) is 2.16. The predicted molar refractivity (Wildman–Crippen MR) is 58.4 cm³/mol. The first-order chi connectivity index (χ1) is 7.58. The van der Waals surface area contributed by atoms with E-state index in [0.29, 0.717) is 11.2 Å². The Morgan fingerprint density at radius 2 is 2.12 bits per heavy atom. The van der Waals surface area contributed by atoms with Gasteiger partial charge in [0.1, 0.15) is 5.52 Å². The maximum absolute atomic E-state index is 11.5. The fourth-order valence-electron chi connectivity index (χ4n) is 1.21. The van der Waals surface area contributed by atoms with Gasteiger partial charge in [0.2, 0.25) is 0 Å². The van der Waals surface area contributed by atoms with Crippen LogP contribution in [0, 0.1) is 0 Å². The van der Waals surface area contributed by atoms with E-state index >= 15 is 0 Å². The fourth-order valence-corrected chi connectivity index (χ4v) is 1.21. The van der Waals surface area contributed by atoms with E-state index in [-0.39, 0.29) is 17.5 Å². The lowest BCUT2D eigenvalue weighted by Gasteiger charge is -1.99. The number of aromatic amines is 1. The molecule has 8 heteroatoms. The van der Waals surface area contributed by atoms with Crippen LogP contribution < -0.4 is 17.2 Å². The Morgan fingerprint density at radius 3 is 2.81 bits per heavy atom. The molecule has 0 unspecified atom stereocenters. The number of H-pyrrole nitrogens is 1. The van der Waals surface area contributed by atoms with Crippen molar-refractivity contribution in [1.29, 1.82) is 0 Å². The summed E-state index contributed by atoms with van der Waals surface area (Å²) < 4.78 is 0. The Hall–Kier alpha value is -2.64. The van der Waals surface area contributed by atoms with Gasteiger partial charge in [-0.3, -0.25) is 4.79 Å². The number of carbonyl (C=O) groups excluding carboxylic acids is 1. The maximum atomic E-state index is 11.5. The lowest BCUT2D eigenvalue weighted by atomic mass is 10.3. The number of hydrogen-bond acceptors (Lipinski definition) is 4. The molecule has 1 amide bonds. The van der Waals surface area contributed by atoms with Crippen molar-refractivity contribution >= 4 is 28.8 Å². The fraction of sp³-hybridized carbons (Fsp3) is 0. The summed E-state index contributed by atoms with van der Waals surface area (Å²) in [6, 6.07) is 1.66. The summed E-state index contributed by atoms with van der Waals surface area (Å²) in [6.07, 6.45) is 1.64. The molecule has 16 heavy (non-hydrogen) atoms. The summed E-state index contributed by atoms with van der Waals surface area (Å²) in [6.45, 7) is 0. The highest BCUT2D eigenvalue weighted by Crippen LogP contribution is 2.13. The van der Waals surface area contributed by atoms with Gasteiger partial charge in [0.25, 0.3) is 0 Å². The number of nitrogens with one attached hydrogen (secondary N) is 1. The van der Waals surface area contributed by atoms with Gasteiger partial charge < -0.3 is 22.2 Å². The summed E-state index contributed by atoms with van der Waals surface area (Å²) >= 11 is 0. The monoisotopic (exact) mass is 219 g/mol. The normalized spacial score (nSPS) is 10.2. The van der Waals surface area contributed by atoms with Crippen molar-refractivity contribution < 1.29 is 4.79 Å². The maximum Gasteiger partial charge on any atom is 0.302 e. The molecule has 0 saturated carbocycles. The van der Waals surface area contributed by atoms with Gasteiger partial charge in [-0.05, 0) is 6.07 Å². The second-order valence-electron chi connectivity index (χ2n) is 3.01. The second-order valence-corrected chi connectivity index (χ2v) is 3.01. The molecule has 0 aliphatic heterocycles. The minimum atomic E-state index is -0.715. The summed E-state index contributed by atoms with van der Waals surface area (Å²) in [5.74, 6) is -1.08.